The Kier molecular flexibility index (Phi) is 4.16. The van der Waals surface area contributed by atoms with Crippen molar-refractivity contribution < 1.29 is 14.6 Å². The first-order chi connectivity index (χ1) is 6.23. The van der Waals surface area contributed by atoms with Crippen LogP contribution in [0.2, 0.25) is 0 Å². The van der Waals surface area contributed by atoms with Gasteiger partial charge in [-0.15, -0.1) is 0 Å². The number of hydrogen-bond donors (Lipinski definition) is 1. The highest BCUT2D eigenvalue weighted by Crippen LogP contribution is 2.30. The molecular weight excluding hydrogens is 168 g/mol. The van der Waals surface area contributed by atoms with Crippen molar-refractivity contribution in [3.8, 4) is 0 Å². The second-order valence-electron chi connectivity index (χ2n) is 3.71. The van der Waals surface area contributed by atoms with Crippen LogP contribution < -0.4 is 0 Å². The van der Waals surface area contributed by atoms with Crippen molar-refractivity contribution in [1.82, 2.24) is 0 Å². The molecule has 1 saturated carbocycles. The molecule has 0 amide bonds. The summed E-state index contributed by atoms with van der Waals surface area (Å²) in [6, 6.07) is 0. The molecule has 0 aromatic heterocycles. The molecule has 1 aliphatic carbocycles. The van der Waals surface area contributed by atoms with Crippen LogP contribution >= 0.6 is 0 Å². The maximum atomic E-state index is 10.2. The van der Waals surface area contributed by atoms with Crippen LogP contribution in [0.3, 0.4) is 0 Å². The van der Waals surface area contributed by atoms with Gasteiger partial charge < -0.3 is 14.6 Å². The molecule has 0 saturated heterocycles. The van der Waals surface area contributed by atoms with Crippen molar-refractivity contribution in [2.75, 3.05) is 20.3 Å². The molecule has 0 aromatic rings. The van der Waals surface area contributed by atoms with Crippen LogP contribution in [0.4, 0.5) is 0 Å². The third-order valence-electron chi connectivity index (χ3n) is 2.77. The molecule has 1 N–H and O–H groups in total. The lowest BCUT2D eigenvalue weighted by atomic mass is 9.83. The van der Waals surface area contributed by atoms with Crippen molar-refractivity contribution in [2.24, 2.45) is 0 Å². The van der Waals surface area contributed by atoms with E-state index in [-0.39, 0.29) is 6.10 Å². The molecule has 0 aromatic carbocycles. The van der Waals surface area contributed by atoms with E-state index in [1.54, 1.807) is 7.11 Å². The third-order valence-corrected chi connectivity index (χ3v) is 2.77. The predicted molar refractivity (Wildman–Crippen MR) is 50.7 cm³/mol. The quantitative estimate of drug-likeness (QED) is 0.723. The molecular formula is C10H20O3. The standard InChI is InChI=1S/C10H20O3/c1-3-13-8-10(11)7-5-4-6-9(10)12-2/h9,11H,3-8H2,1-2H3. The molecule has 0 spiro atoms. The van der Waals surface area contributed by atoms with Gasteiger partial charge in [-0.05, 0) is 19.8 Å². The summed E-state index contributed by atoms with van der Waals surface area (Å²) < 4.78 is 10.6. The molecule has 1 fully saturated rings. The summed E-state index contributed by atoms with van der Waals surface area (Å²) in [7, 11) is 1.66. The first kappa shape index (κ1) is 11.0. The number of methoxy groups -OCH3 is 1. The first-order valence-corrected chi connectivity index (χ1v) is 5.06. The largest absolute Gasteiger partial charge is 0.385 e. The number of hydrogen-bond acceptors (Lipinski definition) is 3. The van der Waals surface area contributed by atoms with E-state index in [1.807, 2.05) is 6.92 Å². The van der Waals surface area contributed by atoms with Crippen LogP contribution in [0.15, 0.2) is 0 Å². The second-order valence-corrected chi connectivity index (χ2v) is 3.71. The van der Waals surface area contributed by atoms with Gasteiger partial charge in [0.25, 0.3) is 0 Å². The van der Waals surface area contributed by atoms with Crippen LogP contribution in [0.25, 0.3) is 0 Å². The summed E-state index contributed by atoms with van der Waals surface area (Å²) in [5, 5.41) is 10.2. The van der Waals surface area contributed by atoms with Crippen molar-refractivity contribution in [1.29, 1.82) is 0 Å². The van der Waals surface area contributed by atoms with Crippen LogP contribution in [-0.4, -0.2) is 37.1 Å². The Morgan fingerprint density at radius 3 is 2.85 bits per heavy atom. The predicted octanol–water partition coefficient (Wildman–Crippen LogP) is 1.34. The fraction of sp³-hybridized carbons (Fsp3) is 1.00. The minimum absolute atomic E-state index is 0.0483. The van der Waals surface area contributed by atoms with E-state index >= 15 is 0 Å². The average molecular weight is 188 g/mol. The molecule has 13 heavy (non-hydrogen) atoms. The number of ether oxygens (including phenoxy) is 2. The Morgan fingerprint density at radius 2 is 2.23 bits per heavy atom. The Morgan fingerprint density at radius 1 is 1.46 bits per heavy atom. The maximum absolute atomic E-state index is 10.2. The molecule has 2 atom stereocenters. The van der Waals surface area contributed by atoms with E-state index in [2.05, 4.69) is 0 Å². The lowest BCUT2D eigenvalue weighted by Crippen LogP contribution is -2.49. The molecule has 3 nitrogen and oxygen atoms in total. The van der Waals surface area contributed by atoms with Crippen molar-refractivity contribution in [3.63, 3.8) is 0 Å². The average Bonchev–Trinajstić information content (AvgIpc) is 2.16. The Hall–Kier alpha value is -0.120. The SMILES string of the molecule is CCOCC1(O)CCCCC1OC. The van der Waals surface area contributed by atoms with Gasteiger partial charge in [-0.25, -0.2) is 0 Å². The highest BCUT2D eigenvalue weighted by atomic mass is 16.5. The van der Waals surface area contributed by atoms with Gasteiger partial charge in [0.2, 0.25) is 0 Å². The minimum Gasteiger partial charge on any atom is -0.385 e. The Balaban J connectivity index is 2.49. The monoisotopic (exact) mass is 188 g/mol. The van der Waals surface area contributed by atoms with Gasteiger partial charge in [0.15, 0.2) is 0 Å². The summed E-state index contributed by atoms with van der Waals surface area (Å²) in [6.45, 7) is 2.99. The van der Waals surface area contributed by atoms with Crippen LogP contribution in [0, 0.1) is 0 Å². The van der Waals surface area contributed by atoms with Crippen molar-refractivity contribution in [2.45, 2.75) is 44.3 Å². The van der Waals surface area contributed by atoms with Gasteiger partial charge in [-0.2, -0.15) is 0 Å². The molecule has 3 heteroatoms. The van der Waals surface area contributed by atoms with Crippen LogP contribution in [-0.2, 0) is 9.47 Å². The molecule has 0 aliphatic heterocycles. The fourth-order valence-corrected chi connectivity index (χ4v) is 1.97. The lowest BCUT2D eigenvalue weighted by Gasteiger charge is -2.38. The summed E-state index contributed by atoms with van der Waals surface area (Å²) in [5.74, 6) is 0. The summed E-state index contributed by atoms with van der Waals surface area (Å²) in [5.41, 5.74) is -0.747. The van der Waals surface area contributed by atoms with Gasteiger partial charge in [-0.3, -0.25) is 0 Å². The topological polar surface area (TPSA) is 38.7 Å². The van der Waals surface area contributed by atoms with Crippen molar-refractivity contribution in [3.05, 3.63) is 0 Å². The highest BCUT2D eigenvalue weighted by molar-refractivity contribution is 4.90. The zero-order valence-electron chi connectivity index (χ0n) is 8.58. The maximum Gasteiger partial charge on any atom is 0.114 e. The van der Waals surface area contributed by atoms with Gasteiger partial charge in [0.1, 0.15) is 5.60 Å². The first-order valence-electron chi connectivity index (χ1n) is 5.06. The van der Waals surface area contributed by atoms with Gasteiger partial charge in [0, 0.05) is 13.7 Å². The van der Waals surface area contributed by atoms with Gasteiger partial charge >= 0.3 is 0 Å². The van der Waals surface area contributed by atoms with E-state index in [0.717, 1.165) is 25.7 Å². The Labute approximate surface area is 80.0 Å². The number of rotatable bonds is 4. The van der Waals surface area contributed by atoms with Crippen molar-refractivity contribution >= 4 is 0 Å². The minimum atomic E-state index is -0.747. The van der Waals surface area contributed by atoms with E-state index in [9.17, 15) is 5.11 Å². The zero-order chi connectivity index (χ0) is 9.73. The van der Waals surface area contributed by atoms with E-state index < -0.39 is 5.60 Å². The summed E-state index contributed by atoms with van der Waals surface area (Å²) in [4.78, 5) is 0. The smallest absolute Gasteiger partial charge is 0.114 e. The van der Waals surface area contributed by atoms with E-state index in [4.69, 9.17) is 9.47 Å². The third kappa shape index (κ3) is 2.66. The molecule has 1 rings (SSSR count). The fourth-order valence-electron chi connectivity index (χ4n) is 1.97. The summed E-state index contributed by atoms with van der Waals surface area (Å²) in [6.07, 6.45) is 3.91. The molecule has 78 valence electrons. The normalized spacial score (nSPS) is 34.8. The molecule has 0 radical (unpaired) electrons. The highest BCUT2D eigenvalue weighted by Gasteiger charge is 2.39. The van der Waals surface area contributed by atoms with Crippen LogP contribution in [0.1, 0.15) is 32.6 Å². The molecule has 0 bridgehead atoms. The number of aliphatic hydroxyl groups is 1. The molecule has 2 unspecified atom stereocenters. The van der Waals surface area contributed by atoms with E-state index in [0.29, 0.717) is 13.2 Å². The van der Waals surface area contributed by atoms with E-state index in [1.165, 1.54) is 0 Å². The molecule has 0 heterocycles. The molecule has 1 aliphatic rings. The van der Waals surface area contributed by atoms with Gasteiger partial charge in [-0.1, -0.05) is 12.8 Å². The second kappa shape index (κ2) is 4.94. The Bertz CT molecular complexity index is 149. The lowest BCUT2D eigenvalue weighted by molar-refractivity contribution is -0.150. The van der Waals surface area contributed by atoms with Crippen LogP contribution in [0.5, 0.6) is 0 Å². The zero-order valence-corrected chi connectivity index (χ0v) is 8.58. The van der Waals surface area contributed by atoms with Gasteiger partial charge in [0.05, 0.1) is 12.7 Å². The summed E-state index contributed by atoms with van der Waals surface area (Å²) >= 11 is 0.